The maximum absolute atomic E-state index is 14.5. The molecule has 56 heavy (non-hydrogen) atoms. The number of benzene rings is 3. The predicted octanol–water partition coefficient (Wildman–Crippen LogP) is 1.34. The third kappa shape index (κ3) is 7.13. The van der Waals surface area contributed by atoms with Crippen LogP contribution in [0.4, 0.5) is 9.59 Å². The molecule has 2 fully saturated rings. The van der Waals surface area contributed by atoms with Crippen molar-refractivity contribution in [3.05, 3.63) is 101 Å². The van der Waals surface area contributed by atoms with Crippen LogP contribution in [0.15, 0.2) is 72.8 Å². The third-order valence-corrected chi connectivity index (χ3v) is 10.9. The molecular formula is C40H42N4O12. The number of fused-ring (bicyclic) bond motifs is 3. The van der Waals surface area contributed by atoms with Crippen LogP contribution in [0.2, 0.25) is 0 Å². The van der Waals surface area contributed by atoms with Gasteiger partial charge in [-0.2, -0.15) is 0 Å². The highest BCUT2D eigenvalue weighted by molar-refractivity contribution is 6.32. The fraction of sp³-hybridized carbons (Fsp3) is 0.375. The third-order valence-electron chi connectivity index (χ3n) is 10.9. The van der Waals surface area contributed by atoms with Gasteiger partial charge in [0.05, 0.1) is 36.2 Å². The molecule has 0 spiro atoms. The summed E-state index contributed by atoms with van der Waals surface area (Å²) in [5, 5.41) is 42.5. The van der Waals surface area contributed by atoms with Gasteiger partial charge in [0.1, 0.15) is 19.0 Å². The van der Waals surface area contributed by atoms with Gasteiger partial charge in [0.15, 0.2) is 34.7 Å². The molecule has 8 atom stereocenters. The molecule has 3 aromatic carbocycles. The van der Waals surface area contributed by atoms with Crippen molar-refractivity contribution in [1.82, 2.24) is 20.9 Å². The van der Waals surface area contributed by atoms with E-state index in [1.54, 1.807) is 61.5 Å². The number of ether oxygens (including phenoxy) is 2. The summed E-state index contributed by atoms with van der Waals surface area (Å²) in [6.07, 6.45) is -3.52. The Bertz CT molecular complexity index is 2060. The van der Waals surface area contributed by atoms with Crippen molar-refractivity contribution in [2.24, 2.45) is 23.7 Å². The molecule has 0 aromatic heterocycles. The number of carbonyl (C=O) groups excluding carboxylic acids is 7. The minimum atomic E-state index is -3.18. The molecule has 16 nitrogen and oxygen atoms in total. The number of alkyl carbamates (subject to hydrolysis) is 2. The van der Waals surface area contributed by atoms with Gasteiger partial charge in [-0.05, 0) is 36.7 Å². The second kappa shape index (κ2) is 16.0. The van der Waals surface area contributed by atoms with Crippen LogP contribution >= 0.6 is 0 Å². The SMILES string of the molecule is CC1c2ccc(CNC(=O)OCc3ccccc3)c(O)c2C(=O)C2C(=O)C3(O)C(=O)C(C(=O)NCNC(=O)OCc4ccccc4)C(=O)C(N(C)C)C3C(O)C21. The van der Waals surface area contributed by atoms with Crippen molar-refractivity contribution in [3.63, 3.8) is 0 Å². The van der Waals surface area contributed by atoms with E-state index in [2.05, 4.69) is 16.0 Å². The molecule has 0 saturated heterocycles. The molecule has 3 amide bonds. The topological polar surface area (TPSA) is 238 Å². The fourth-order valence-electron chi connectivity index (χ4n) is 8.18. The maximum Gasteiger partial charge on any atom is 0.408 e. The lowest BCUT2D eigenvalue weighted by molar-refractivity contribution is -0.197. The first-order valence-electron chi connectivity index (χ1n) is 17.9. The lowest BCUT2D eigenvalue weighted by Gasteiger charge is -2.56. The van der Waals surface area contributed by atoms with Gasteiger partial charge >= 0.3 is 12.2 Å². The number of Topliss-reactive ketones (excluding diaryl/α,β-unsaturated/α-hetero) is 4. The first-order chi connectivity index (χ1) is 26.7. The van der Waals surface area contributed by atoms with E-state index in [0.717, 1.165) is 5.56 Å². The van der Waals surface area contributed by atoms with Gasteiger partial charge in [-0.25, -0.2) is 9.59 Å². The summed E-state index contributed by atoms with van der Waals surface area (Å²) in [7, 11) is 2.83. The van der Waals surface area contributed by atoms with Crippen LogP contribution in [0.25, 0.3) is 0 Å². The smallest absolute Gasteiger partial charge is 0.408 e. The fourth-order valence-corrected chi connectivity index (χ4v) is 8.18. The standard InChI is InChI=1S/C40H42N4O12/c1-20-24-15-14-23(16-41-38(52)55-17-21-10-6-4-7-11-21)31(45)26(24)32(46)27-25(20)33(47)29-30(44(2)3)34(48)28(36(50)40(29,54)35(27)49)37(51)42-19-43-39(53)56-18-22-12-8-5-9-13-22/h4-15,20,25,27-30,33,45,47,54H,16-19H2,1-3H3,(H,41,52)(H,42,51)(H,43,53). The number of hydrogen-bond donors (Lipinski definition) is 6. The van der Waals surface area contributed by atoms with Gasteiger partial charge in [0.25, 0.3) is 0 Å². The summed E-state index contributed by atoms with van der Waals surface area (Å²) < 4.78 is 10.3. The first kappa shape index (κ1) is 39.7. The molecule has 294 valence electrons. The van der Waals surface area contributed by atoms with Crippen molar-refractivity contribution in [3.8, 4) is 5.75 Å². The molecular weight excluding hydrogens is 728 g/mol. The molecule has 8 unspecified atom stereocenters. The summed E-state index contributed by atoms with van der Waals surface area (Å²) in [6.45, 7) is 0.652. The summed E-state index contributed by atoms with van der Waals surface area (Å²) in [5.41, 5.74) is -1.67. The molecule has 6 rings (SSSR count). The average Bonchev–Trinajstić information content (AvgIpc) is 3.18. The van der Waals surface area contributed by atoms with E-state index in [4.69, 9.17) is 9.47 Å². The minimum absolute atomic E-state index is 0.0154. The molecule has 16 heteroatoms. The number of carbonyl (C=O) groups is 7. The number of phenols is 1. The van der Waals surface area contributed by atoms with Crippen molar-refractivity contribution < 1.29 is 58.4 Å². The van der Waals surface area contributed by atoms with Gasteiger partial charge < -0.3 is 40.7 Å². The summed E-state index contributed by atoms with van der Waals surface area (Å²) >= 11 is 0. The Morgan fingerprint density at radius 2 is 1.38 bits per heavy atom. The highest BCUT2D eigenvalue weighted by Gasteiger charge is 2.73. The van der Waals surface area contributed by atoms with Crippen LogP contribution in [-0.2, 0) is 48.4 Å². The molecule has 6 N–H and O–H groups in total. The van der Waals surface area contributed by atoms with Gasteiger partial charge in [0.2, 0.25) is 5.91 Å². The molecule has 3 aliphatic carbocycles. The number of hydrogen-bond acceptors (Lipinski definition) is 13. The van der Waals surface area contributed by atoms with E-state index in [-0.39, 0.29) is 36.4 Å². The van der Waals surface area contributed by atoms with E-state index < -0.39 is 101 Å². The zero-order valence-corrected chi connectivity index (χ0v) is 30.8. The Balaban J connectivity index is 1.21. The molecule has 0 aliphatic heterocycles. The highest BCUT2D eigenvalue weighted by Crippen LogP contribution is 2.54. The normalized spacial score (nSPS) is 26.7. The Morgan fingerprint density at radius 1 is 0.804 bits per heavy atom. The van der Waals surface area contributed by atoms with Crippen LogP contribution in [0.5, 0.6) is 5.75 Å². The monoisotopic (exact) mass is 770 g/mol. The zero-order valence-electron chi connectivity index (χ0n) is 30.8. The highest BCUT2D eigenvalue weighted by atomic mass is 16.6. The van der Waals surface area contributed by atoms with E-state index in [1.165, 1.54) is 31.1 Å². The van der Waals surface area contributed by atoms with E-state index in [0.29, 0.717) is 5.56 Å². The molecule has 0 bridgehead atoms. The summed E-state index contributed by atoms with van der Waals surface area (Å²) in [4.78, 5) is 96.1. The van der Waals surface area contributed by atoms with Crippen molar-refractivity contribution in [1.29, 1.82) is 0 Å². The number of aliphatic hydroxyl groups excluding tert-OH is 1. The predicted molar refractivity (Wildman–Crippen MR) is 195 cm³/mol. The number of nitrogens with one attached hydrogen (secondary N) is 3. The van der Waals surface area contributed by atoms with Crippen molar-refractivity contribution >= 4 is 41.2 Å². The van der Waals surface area contributed by atoms with Crippen LogP contribution in [-0.4, -0.2) is 100.0 Å². The van der Waals surface area contributed by atoms with Crippen LogP contribution in [0.3, 0.4) is 0 Å². The Hall–Kier alpha value is -5.97. The largest absolute Gasteiger partial charge is 0.507 e. The quantitative estimate of drug-likeness (QED) is 0.126. The molecule has 3 aliphatic rings. The number of nitrogens with zero attached hydrogens (tertiary/aromatic N) is 1. The minimum Gasteiger partial charge on any atom is -0.507 e. The second-order valence-corrected chi connectivity index (χ2v) is 14.4. The van der Waals surface area contributed by atoms with Gasteiger partial charge in [-0.1, -0.05) is 79.7 Å². The van der Waals surface area contributed by atoms with Gasteiger partial charge in [0, 0.05) is 18.0 Å². The number of rotatable bonds is 10. The van der Waals surface area contributed by atoms with Gasteiger partial charge in [-0.3, -0.25) is 28.9 Å². The summed E-state index contributed by atoms with van der Waals surface area (Å²) in [6, 6.07) is 19.1. The lowest BCUT2D eigenvalue weighted by Crippen LogP contribution is -2.77. The zero-order chi connectivity index (χ0) is 40.5. The summed E-state index contributed by atoms with van der Waals surface area (Å²) in [5.74, 6) is -14.6. The van der Waals surface area contributed by atoms with Crippen molar-refractivity contribution in [2.45, 2.75) is 50.3 Å². The number of amides is 3. The van der Waals surface area contributed by atoms with E-state index in [9.17, 15) is 48.9 Å². The van der Waals surface area contributed by atoms with Crippen LogP contribution in [0, 0.1) is 23.7 Å². The van der Waals surface area contributed by atoms with Gasteiger partial charge in [-0.15, -0.1) is 0 Å². The van der Waals surface area contributed by atoms with E-state index >= 15 is 0 Å². The number of phenolic OH excluding ortho intramolecular Hbond substituents is 1. The average molecular weight is 771 g/mol. The Labute approximate surface area is 321 Å². The molecule has 0 heterocycles. The Kier molecular flexibility index (Phi) is 11.4. The number of aromatic hydroxyl groups is 1. The Morgan fingerprint density at radius 3 is 1.95 bits per heavy atom. The number of ketones is 4. The van der Waals surface area contributed by atoms with Crippen molar-refractivity contribution in [2.75, 3.05) is 20.8 Å². The second-order valence-electron chi connectivity index (χ2n) is 14.4. The van der Waals surface area contributed by atoms with Crippen LogP contribution in [0.1, 0.15) is 45.5 Å². The number of aliphatic hydroxyl groups is 2. The van der Waals surface area contributed by atoms with Crippen LogP contribution < -0.4 is 16.0 Å². The molecule has 0 radical (unpaired) electrons. The number of likely N-dealkylation sites (N-methyl/N-ethyl adjacent to an activating group) is 1. The first-order valence-corrected chi connectivity index (χ1v) is 17.9. The molecule has 2 saturated carbocycles. The lowest BCUT2D eigenvalue weighted by atomic mass is 9.49. The molecule has 3 aromatic rings. The van der Waals surface area contributed by atoms with E-state index in [1.807, 2.05) is 6.07 Å². The maximum atomic E-state index is 14.5.